The van der Waals surface area contributed by atoms with Crippen LogP contribution < -0.4 is 4.74 Å². The van der Waals surface area contributed by atoms with Gasteiger partial charge in [0, 0.05) is 12.7 Å². The molecule has 0 saturated carbocycles. The number of rotatable bonds is 2. The number of ether oxygens (including phenoxy) is 1. The van der Waals surface area contributed by atoms with Gasteiger partial charge in [0.05, 0.1) is 19.6 Å². The summed E-state index contributed by atoms with van der Waals surface area (Å²) in [6, 6.07) is 6.11. The third kappa shape index (κ3) is 2.71. The van der Waals surface area contributed by atoms with Gasteiger partial charge < -0.3 is 4.74 Å². The summed E-state index contributed by atoms with van der Waals surface area (Å²) in [5.41, 5.74) is 0.978. The molecule has 13 heavy (non-hydrogen) atoms. The lowest BCUT2D eigenvalue weighted by Crippen LogP contribution is -1.95. The lowest BCUT2D eigenvalue weighted by atomic mass is 10.1. The third-order valence-electron chi connectivity index (χ3n) is 1.60. The van der Waals surface area contributed by atoms with Crippen molar-refractivity contribution in [3.63, 3.8) is 0 Å². The molecule has 0 fully saturated rings. The first-order chi connectivity index (χ1) is 6.19. The van der Waals surface area contributed by atoms with Crippen molar-refractivity contribution in [3.8, 4) is 11.8 Å². The van der Waals surface area contributed by atoms with Crippen molar-refractivity contribution in [2.45, 2.75) is 6.42 Å². The maximum Gasteiger partial charge on any atom is 0.125 e. The van der Waals surface area contributed by atoms with Gasteiger partial charge in [-0.3, -0.25) is 0 Å². The van der Waals surface area contributed by atoms with Crippen LogP contribution in [0.15, 0.2) is 12.1 Å². The Labute approximate surface area is 105 Å². The van der Waals surface area contributed by atoms with Crippen molar-refractivity contribution < 1.29 is 4.74 Å². The Morgan fingerprint density at radius 3 is 2.69 bits per heavy atom. The molecule has 4 heteroatoms. The number of nitrogens with zero attached hydrogens (tertiary/aromatic N) is 1. The summed E-state index contributed by atoms with van der Waals surface area (Å²) in [6.45, 7) is 0. The zero-order valence-electron chi connectivity index (χ0n) is 6.97. The zero-order chi connectivity index (χ0) is 9.84. The Morgan fingerprint density at radius 1 is 1.46 bits per heavy atom. The van der Waals surface area contributed by atoms with Crippen LogP contribution in [-0.2, 0) is 6.42 Å². The first-order valence-electron chi connectivity index (χ1n) is 3.58. The lowest BCUT2D eigenvalue weighted by Gasteiger charge is -2.08. The third-order valence-corrected chi connectivity index (χ3v) is 3.18. The normalized spacial score (nSPS) is 9.38. The molecule has 0 N–H and O–H groups in total. The molecule has 0 unspecified atom stereocenters. The van der Waals surface area contributed by atoms with E-state index in [1.807, 2.05) is 12.1 Å². The molecule has 0 aromatic heterocycles. The maximum absolute atomic E-state index is 8.62. The van der Waals surface area contributed by atoms with Crippen LogP contribution >= 0.6 is 45.2 Å². The predicted octanol–water partition coefficient (Wildman–Crippen LogP) is 2.97. The van der Waals surface area contributed by atoms with Gasteiger partial charge in [-0.05, 0) is 57.3 Å². The molecular formula is C9H7I2NO. The standard InChI is InChI=1S/C9H7I2NO/c1-13-9-5-6(10)4-8(11)7(9)2-3-12/h4-5H,2H2,1H3. The highest BCUT2D eigenvalue weighted by molar-refractivity contribution is 14.1. The van der Waals surface area contributed by atoms with Gasteiger partial charge in [0.2, 0.25) is 0 Å². The first-order valence-corrected chi connectivity index (χ1v) is 5.73. The largest absolute Gasteiger partial charge is 0.496 e. The Kier molecular flexibility index (Phi) is 4.25. The van der Waals surface area contributed by atoms with Gasteiger partial charge in [-0.1, -0.05) is 0 Å². The number of methoxy groups -OCH3 is 1. The minimum atomic E-state index is 0.401. The van der Waals surface area contributed by atoms with Crippen molar-refractivity contribution >= 4 is 45.2 Å². The topological polar surface area (TPSA) is 33.0 Å². The van der Waals surface area contributed by atoms with Gasteiger partial charge in [0.15, 0.2) is 0 Å². The van der Waals surface area contributed by atoms with E-state index in [2.05, 4.69) is 51.3 Å². The Bertz CT molecular complexity index is 357. The van der Waals surface area contributed by atoms with Crippen LogP contribution in [0.5, 0.6) is 5.75 Å². The van der Waals surface area contributed by atoms with E-state index in [0.717, 1.165) is 18.5 Å². The van der Waals surface area contributed by atoms with Gasteiger partial charge >= 0.3 is 0 Å². The van der Waals surface area contributed by atoms with E-state index in [1.165, 1.54) is 0 Å². The second-order valence-electron chi connectivity index (χ2n) is 2.40. The number of hydrogen-bond donors (Lipinski definition) is 0. The smallest absolute Gasteiger partial charge is 0.125 e. The summed E-state index contributed by atoms with van der Waals surface area (Å²) in [5.74, 6) is 0.804. The van der Waals surface area contributed by atoms with Crippen molar-refractivity contribution in [2.75, 3.05) is 7.11 Å². The summed E-state index contributed by atoms with van der Waals surface area (Å²) >= 11 is 4.45. The molecule has 0 bridgehead atoms. The average molecular weight is 399 g/mol. The van der Waals surface area contributed by atoms with E-state index in [1.54, 1.807) is 7.11 Å². The quantitative estimate of drug-likeness (QED) is 0.717. The minimum Gasteiger partial charge on any atom is -0.496 e. The fourth-order valence-corrected chi connectivity index (χ4v) is 2.99. The van der Waals surface area contributed by atoms with Gasteiger partial charge in [0.1, 0.15) is 5.75 Å². The molecule has 0 amide bonds. The predicted molar refractivity (Wildman–Crippen MR) is 67.7 cm³/mol. The molecule has 0 spiro atoms. The fourth-order valence-electron chi connectivity index (χ4n) is 1.01. The van der Waals surface area contributed by atoms with E-state index in [-0.39, 0.29) is 0 Å². The van der Waals surface area contributed by atoms with Crippen LogP contribution in [0.1, 0.15) is 5.56 Å². The molecule has 0 aliphatic rings. The highest BCUT2D eigenvalue weighted by atomic mass is 127. The van der Waals surface area contributed by atoms with E-state index in [9.17, 15) is 0 Å². The second kappa shape index (κ2) is 5.00. The molecule has 2 nitrogen and oxygen atoms in total. The van der Waals surface area contributed by atoms with Gasteiger partial charge in [-0.15, -0.1) is 0 Å². The van der Waals surface area contributed by atoms with Crippen molar-refractivity contribution in [1.82, 2.24) is 0 Å². The van der Waals surface area contributed by atoms with E-state index in [0.29, 0.717) is 6.42 Å². The number of benzene rings is 1. The monoisotopic (exact) mass is 399 g/mol. The first kappa shape index (κ1) is 11.0. The van der Waals surface area contributed by atoms with Gasteiger partial charge in [0.25, 0.3) is 0 Å². The molecule has 1 rings (SSSR count). The zero-order valence-corrected chi connectivity index (χ0v) is 11.3. The maximum atomic E-state index is 8.62. The summed E-state index contributed by atoms with van der Waals surface area (Å²) in [7, 11) is 1.63. The van der Waals surface area contributed by atoms with Crippen LogP contribution in [0.3, 0.4) is 0 Å². The summed E-state index contributed by atoms with van der Waals surface area (Å²) in [5, 5.41) is 8.62. The molecular weight excluding hydrogens is 392 g/mol. The van der Waals surface area contributed by atoms with E-state index in [4.69, 9.17) is 10.00 Å². The van der Waals surface area contributed by atoms with Crippen LogP contribution in [-0.4, -0.2) is 7.11 Å². The fraction of sp³-hybridized carbons (Fsp3) is 0.222. The van der Waals surface area contributed by atoms with Crippen molar-refractivity contribution in [1.29, 1.82) is 5.26 Å². The lowest BCUT2D eigenvalue weighted by molar-refractivity contribution is 0.410. The average Bonchev–Trinajstić information content (AvgIpc) is 2.09. The Balaban J connectivity index is 3.23. The molecule has 1 aromatic rings. The number of hydrogen-bond acceptors (Lipinski definition) is 2. The van der Waals surface area contributed by atoms with Crippen LogP contribution in [0, 0.1) is 18.5 Å². The van der Waals surface area contributed by atoms with Crippen molar-refractivity contribution in [3.05, 3.63) is 24.8 Å². The summed E-state index contributed by atoms with van der Waals surface area (Å²) < 4.78 is 7.41. The molecule has 0 radical (unpaired) electrons. The van der Waals surface area contributed by atoms with Crippen LogP contribution in [0.25, 0.3) is 0 Å². The molecule has 0 heterocycles. The molecule has 0 aliphatic carbocycles. The summed E-state index contributed by atoms with van der Waals surface area (Å²) in [6.07, 6.45) is 0.401. The van der Waals surface area contributed by atoms with Gasteiger partial charge in [-0.25, -0.2) is 0 Å². The second-order valence-corrected chi connectivity index (χ2v) is 4.81. The minimum absolute atomic E-state index is 0.401. The number of nitriles is 1. The van der Waals surface area contributed by atoms with E-state index >= 15 is 0 Å². The van der Waals surface area contributed by atoms with Crippen molar-refractivity contribution in [2.24, 2.45) is 0 Å². The van der Waals surface area contributed by atoms with E-state index < -0.39 is 0 Å². The van der Waals surface area contributed by atoms with Crippen LogP contribution in [0.2, 0.25) is 0 Å². The molecule has 68 valence electrons. The number of halogens is 2. The highest BCUT2D eigenvalue weighted by Crippen LogP contribution is 2.27. The molecule has 0 saturated heterocycles. The Hall–Kier alpha value is -0.0300. The van der Waals surface area contributed by atoms with Crippen LogP contribution in [0.4, 0.5) is 0 Å². The SMILES string of the molecule is COc1cc(I)cc(I)c1CC#N. The summed E-state index contributed by atoms with van der Waals surface area (Å²) in [4.78, 5) is 0. The molecule has 0 atom stereocenters. The van der Waals surface area contributed by atoms with Gasteiger partial charge in [-0.2, -0.15) is 5.26 Å². The Morgan fingerprint density at radius 2 is 2.15 bits per heavy atom. The molecule has 0 aliphatic heterocycles. The highest BCUT2D eigenvalue weighted by Gasteiger charge is 2.08. The molecule has 1 aromatic carbocycles.